The number of rotatable bonds is 3. The van der Waals surface area contributed by atoms with Crippen LogP contribution in [0.2, 0.25) is 0 Å². The van der Waals surface area contributed by atoms with Gasteiger partial charge in [-0.3, -0.25) is 4.79 Å². The van der Waals surface area contributed by atoms with Crippen LogP contribution < -0.4 is 0 Å². The van der Waals surface area contributed by atoms with E-state index in [4.69, 9.17) is 0 Å². The SMILES string of the molecule is COC(=O)CCc1ccccc1.[Na]. The second-order valence-corrected chi connectivity index (χ2v) is 2.56. The monoisotopic (exact) mass is 187 g/mol. The summed E-state index contributed by atoms with van der Waals surface area (Å²) in [6.07, 6.45) is 1.22. The molecule has 0 unspecified atom stereocenters. The van der Waals surface area contributed by atoms with Gasteiger partial charge in [-0.05, 0) is 12.0 Å². The van der Waals surface area contributed by atoms with E-state index in [-0.39, 0.29) is 35.5 Å². The number of ether oxygens (including phenoxy) is 1. The standard InChI is InChI=1S/C10H12O2.Na/c1-12-10(11)8-7-9-5-3-2-4-6-9;/h2-6H,7-8H2,1H3;. The topological polar surface area (TPSA) is 26.3 Å². The number of carbonyl (C=O) groups excluding carboxylic acids is 1. The summed E-state index contributed by atoms with van der Waals surface area (Å²) in [5, 5.41) is 0. The molecule has 0 spiro atoms. The molecule has 0 aromatic heterocycles. The zero-order valence-electron chi connectivity index (χ0n) is 8.12. The molecule has 0 aliphatic heterocycles. The van der Waals surface area contributed by atoms with Crippen LogP contribution in [0.25, 0.3) is 0 Å². The van der Waals surface area contributed by atoms with Crippen molar-refractivity contribution in [2.75, 3.05) is 7.11 Å². The maximum atomic E-state index is 10.8. The average Bonchev–Trinajstić information content (AvgIpc) is 2.16. The van der Waals surface area contributed by atoms with Gasteiger partial charge in [0, 0.05) is 36.0 Å². The van der Waals surface area contributed by atoms with Gasteiger partial charge < -0.3 is 4.74 Å². The van der Waals surface area contributed by atoms with E-state index in [1.807, 2.05) is 30.3 Å². The number of hydrogen-bond acceptors (Lipinski definition) is 2. The van der Waals surface area contributed by atoms with Crippen molar-refractivity contribution in [2.45, 2.75) is 12.8 Å². The summed E-state index contributed by atoms with van der Waals surface area (Å²) in [5.41, 5.74) is 1.17. The Morgan fingerprint density at radius 1 is 1.31 bits per heavy atom. The van der Waals surface area contributed by atoms with Crippen LogP contribution >= 0.6 is 0 Å². The molecule has 0 aliphatic carbocycles. The quantitative estimate of drug-likeness (QED) is 0.528. The van der Waals surface area contributed by atoms with Gasteiger partial charge in [0.1, 0.15) is 0 Å². The molecule has 1 aromatic rings. The Kier molecular flexibility index (Phi) is 6.96. The zero-order chi connectivity index (χ0) is 8.81. The minimum atomic E-state index is -0.154. The molecule has 13 heavy (non-hydrogen) atoms. The van der Waals surface area contributed by atoms with Crippen molar-refractivity contribution in [1.82, 2.24) is 0 Å². The van der Waals surface area contributed by atoms with Gasteiger partial charge >= 0.3 is 5.97 Å². The summed E-state index contributed by atoms with van der Waals surface area (Å²) < 4.78 is 4.53. The maximum absolute atomic E-state index is 10.8. The van der Waals surface area contributed by atoms with Gasteiger partial charge in [-0.1, -0.05) is 30.3 Å². The van der Waals surface area contributed by atoms with Gasteiger partial charge in [-0.2, -0.15) is 0 Å². The Hall–Kier alpha value is -0.310. The van der Waals surface area contributed by atoms with Gasteiger partial charge in [0.15, 0.2) is 0 Å². The first-order valence-corrected chi connectivity index (χ1v) is 3.93. The number of hydrogen-bond donors (Lipinski definition) is 0. The number of carbonyl (C=O) groups is 1. The summed E-state index contributed by atoms with van der Waals surface area (Å²) in [5.74, 6) is -0.154. The van der Waals surface area contributed by atoms with Crippen LogP contribution in [-0.2, 0) is 16.0 Å². The van der Waals surface area contributed by atoms with Crippen molar-refractivity contribution in [1.29, 1.82) is 0 Å². The number of methoxy groups -OCH3 is 1. The first kappa shape index (κ1) is 12.7. The predicted molar refractivity (Wildman–Crippen MR) is 52.5 cm³/mol. The summed E-state index contributed by atoms with van der Waals surface area (Å²) in [6, 6.07) is 9.90. The van der Waals surface area contributed by atoms with Gasteiger partial charge in [0.05, 0.1) is 7.11 Å². The third kappa shape index (κ3) is 5.09. The second kappa shape index (κ2) is 7.13. The first-order valence-electron chi connectivity index (χ1n) is 3.93. The third-order valence-corrected chi connectivity index (χ3v) is 1.69. The Morgan fingerprint density at radius 2 is 1.92 bits per heavy atom. The van der Waals surface area contributed by atoms with Crippen molar-refractivity contribution in [3.8, 4) is 0 Å². The van der Waals surface area contributed by atoms with Crippen LogP contribution in [0.4, 0.5) is 0 Å². The van der Waals surface area contributed by atoms with E-state index in [0.717, 1.165) is 6.42 Å². The molecule has 0 saturated carbocycles. The summed E-state index contributed by atoms with van der Waals surface area (Å²) >= 11 is 0. The van der Waals surface area contributed by atoms with E-state index in [0.29, 0.717) is 6.42 Å². The number of benzene rings is 1. The number of aryl methyl sites for hydroxylation is 1. The van der Waals surface area contributed by atoms with Crippen molar-refractivity contribution in [3.05, 3.63) is 35.9 Å². The molecule has 2 nitrogen and oxygen atoms in total. The minimum Gasteiger partial charge on any atom is -0.469 e. The van der Waals surface area contributed by atoms with Crippen LogP contribution in [0.5, 0.6) is 0 Å². The van der Waals surface area contributed by atoms with E-state index in [2.05, 4.69) is 4.74 Å². The first-order chi connectivity index (χ1) is 5.83. The molecule has 0 fully saturated rings. The van der Waals surface area contributed by atoms with Gasteiger partial charge in [0.2, 0.25) is 0 Å². The predicted octanol–water partition coefficient (Wildman–Crippen LogP) is 1.41. The van der Waals surface area contributed by atoms with Crippen molar-refractivity contribution >= 4 is 35.5 Å². The third-order valence-electron chi connectivity index (χ3n) is 1.69. The molecule has 0 heterocycles. The van der Waals surface area contributed by atoms with E-state index < -0.39 is 0 Å². The molecule has 1 aromatic carbocycles. The fourth-order valence-electron chi connectivity index (χ4n) is 0.993. The summed E-state index contributed by atoms with van der Waals surface area (Å²) in [7, 11) is 1.41. The fourth-order valence-corrected chi connectivity index (χ4v) is 0.993. The summed E-state index contributed by atoms with van der Waals surface area (Å²) in [4.78, 5) is 10.8. The Bertz CT molecular complexity index is 246. The van der Waals surface area contributed by atoms with Crippen LogP contribution in [0.3, 0.4) is 0 Å². The smallest absolute Gasteiger partial charge is 0.305 e. The second-order valence-electron chi connectivity index (χ2n) is 2.56. The Labute approximate surface area is 101 Å². The molecular formula is C10H12NaO2. The molecule has 0 N–H and O–H groups in total. The van der Waals surface area contributed by atoms with E-state index in [1.165, 1.54) is 12.7 Å². The Balaban J connectivity index is 0.00000144. The number of esters is 1. The molecular weight excluding hydrogens is 175 g/mol. The molecule has 0 aliphatic rings. The molecule has 0 atom stereocenters. The average molecular weight is 187 g/mol. The van der Waals surface area contributed by atoms with Crippen molar-refractivity contribution < 1.29 is 9.53 Å². The van der Waals surface area contributed by atoms with Crippen LogP contribution in [0, 0.1) is 0 Å². The molecule has 65 valence electrons. The minimum absolute atomic E-state index is 0. The molecule has 0 bridgehead atoms. The van der Waals surface area contributed by atoms with E-state index in [1.54, 1.807) is 0 Å². The van der Waals surface area contributed by atoms with E-state index in [9.17, 15) is 4.79 Å². The van der Waals surface area contributed by atoms with Crippen LogP contribution in [0.15, 0.2) is 30.3 Å². The normalized spacial score (nSPS) is 8.69. The molecule has 0 amide bonds. The zero-order valence-corrected chi connectivity index (χ0v) is 10.1. The maximum Gasteiger partial charge on any atom is 0.305 e. The van der Waals surface area contributed by atoms with Crippen molar-refractivity contribution in [2.24, 2.45) is 0 Å². The molecule has 3 heteroatoms. The van der Waals surface area contributed by atoms with Gasteiger partial charge in [-0.15, -0.1) is 0 Å². The molecule has 1 rings (SSSR count). The Morgan fingerprint density at radius 3 is 2.46 bits per heavy atom. The van der Waals surface area contributed by atoms with Gasteiger partial charge in [0.25, 0.3) is 0 Å². The molecule has 1 radical (unpaired) electrons. The fraction of sp³-hybridized carbons (Fsp3) is 0.300. The largest absolute Gasteiger partial charge is 0.469 e. The van der Waals surface area contributed by atoms with Crippen LogP contribution in [-0.4, -0.2) is 42.6 Å². The van der Waals surface area contributed by atoms with E-state index >= 15 is 0 Å². The van der Waals surface area contributed by atoms with Crippen molar-refractivity contribution in [3.63, 3.8) is 0 Å². The van der Waals surface area contributed by atoms with Crippen LogP contribution in [0.1, 0.15) is 12.0 Å². The molecule has 0 saturated heterocycles. The van der Waals surface area contributed by atoms with Gasteiger partial charge in [-0.25, -0.2) is 0 Å². The summed E-state index contributed by atoms with van der Waals surface area (Å²) in [6.45, 7) is 0.